The standard InChI is InChI=1S/C8H19N5S/c1-2-7-13(8(10)14)12-6-5-11-4-3-9/h2,7,11-12H,3-6,9H2,1H3,(H2,10,14). The van der Waals surface area contributed by atoms with Gasteiger partial charge in [-0.1, -0.05) is 6.08 Å². The molecular formula is C8H19N5S. The zero-order valence-electron chi connectivity index (χ0n) is 8.49. The second kappa shape index (κ2) is 8.89. The van der Waals surface area contributed by atoms with Gasteiger partial charge in [0.15, 0.2) is 5.11 Å². The highest BCUT2D eigenvalue weighted by atomic mass is 32.1. The largest absolute Gasteiger partial charge is 0.375 e. The van der Waals surface area contributed by atoms with Gasteiger partial charge in [-0.15, -0.1) is 0 Å². The lowest BCUT2D eigenvalue weighted by atomic mass is 10.5. The molecule has 0 bridgehead atoms. The molecule has 82 valence electrons. The van der Waals surface area contributed by atoms with E-state index in [4.69, 9.17) is 23.7 Å². The van der Waals surface area contributed by atoms with Gasteiger partial charge in [-0.2, -0.15) is 0 Å². The van der Waals surface area contributed by atoms with Crippen LogP contribution < -0.4 is 22.2 Å². The third-order valence-corrected chi connectivity index (χ3v) is 1.64. The molecule has 0 aliphatic heterocycles. The number of hydrogen-bond donors (Lipinski definition) is 4. The fourth-order valence-electron chi connectivity index (χ4n) is 0.845. The number of hydrogen-bond acceptors (Lipinski definition) is 4. The van der Waals surface area contributed by atoms with Gasteiger partial charge in [-0.05, 0) is 19.1 Å². The third-order valence-electron chi connectivity index (χ3n) is 1.44. The van der Waals surface area contributed by atoms with Crippen molar-refractivity contribution in [1.82, 2.24) is 15.8 Å². The lowest BCUT2D eigenvalue weighted by Crippen LogP contribution is -2.44. The number of rotatable bonds is 7. The Morgan fingerprint density at radius 1 is 1.43 bits per heavy atom. The number of thiocarbonyl (C=S) groups is 1. The van der Waals surface area contributed by atoms with E-state index in [-0.39, 0.29) is 0 Å². The van der Waals surface area contributed by atoms with Crippen LogP contribution in [-0.4, -0.2) is 36.3 Å². The number of nitrogens with two attached hydrogens (primary N) is 2. The molecule has 0 amide bonds. The summed E-state index contributed by atoms with van der Waals surface area (Å²) < 4.78 is 0. The molecule has 0 aromatic heterocycles. The smallest absolute Gasteiger partial charge is 0.185 e. The van der Waals surface area contributed by atoms with Crippen LogP contribution in [0, 0.1) is 0 Å². The maximum Gasteiger partial charge on any atom is 0.185 e. The molecule has 6 N–H and O–H groups in total. The first-order valence-corrected chi connectivity index (χ1v) is 4.99. The zero-order chi connectivity index (χ0) is 10.8. The molecule has 0 heterocycles. The topological polar surface area (TPSA) is 79.3 Å². The summed E-state index contributed by atoms with van der Waals surface area (Å²) in [5, 5.41) is 5.07. The molecule has 0 fully saturated rings. The summed E-state index contributed by atoms with van der Waals surface area (Å²) in [6.45, 7) is 4.95. The van der Waals surface area contributed by atoms with E-state index in [1.54, 1.807) is 11.2 Å². The first-order chi connectivity index (χ1) is 6.72. The van der Waals surface area contributed by atoms with Crippen LogP contribution in [0.25, 0.3) is 0 Å². The monoisotopic (exact) mass is 217 g/mol. The molecule has 0 rings (SSSR count). The van der Waals surface area contributed by atoms with Gasteiger partial charge in [-0.3, -0.25) is 5.01 Å². The van der Waals surface area contributed by atoms with Crippen LogP contribution in [0.3, 0.4) is 0 Å². The van der Waals surface area contributed by atoms with Crippen molar-refractivity contribution in [2.45, 2.75) is 6.92 Å². The lowest BCUT2D eigenvalue weighted by molar-refractivity contribution is 0.402. The molecule has 0 aromatic carbocycles. The van der Waals surface area contributed by atoms with Crippen molar-refractivity contribution in [1.29, 1.82) is 0 Å². The van der Waals surface area contributed by atoms with Crippen LogP contribution in [0.15, 0.2) is 12.3 Å². The van der Waals surface area contributed by atoms with E-state index < -0.39 is 0 Å². The molecule has 0 radical (unpaired) electrons. The van der Waals surface area contributed by atoms with Crippen LogP contribution in [0.4, 0.5) is 0 Å². The highest BCUT2D eigenvalue weighted by Crippen LogP contribution is 1.83. The van der Waals surface area contributed by atoms with Gasteiger partial charge in [0.2, 0.25) is 0 Å². The third kappa shape index (κ3) is 6.79. The number of nitrogens with one attached hydrogen (secondary N) is 2. The minimum absolute atomic E-state index is 0.307. The highest BCUT2D eigenvalue weighted by Gasteiger charge is 1.98. The molecule has 0 aliphatic carbocycles. The fourth-order valence-corrected chi connectivity index (χ4v) is 0.970. The predicted molar refractivity (Wildman–Crippen MR) is 63.4 cm³/mol. The number of nitrogens with zero attached hydrogens (tertiary/aromatic N) is 1. The van der Waals surface area contributed by atoms with E-state index in [0.29, 0.717) is 11.7 Å². The van der Waals surface area contributed by atoms with E-state index >= 15 is 0 Å². The minimum Gasteiger partial charge on any atom is -0.375 e. The Balaban J connectivity index is 3.56. The van der Waals surface area contributed by atoms with Gasteiger partial charge in [0, 0.05) is 32.4 Å². The first-order valence-electron chi connectivity index (χ1n) is 4.58. The van der Waals surface area contributed by atoms with Crippen LogP contribution >= 0.6 is 12.2 Å². The van der Waals surface area contributed by atoms with Crippen LogP contribution in [0.2, 0.25) is 0 Å². The van der Waals surface area contributed by atoms with Gasteiger partial charge >= 0.3 is 0 Å². The average Bonchev–Trinajstić information content (AvgIpc) is 2.15. The molecule has 0 spiro atoms. The van der Waals surface area contributed by atoms with Crippen LogP contribution in [0.5, 0.6) is 0 Å². The summed E-state index contributed by atoms with van der Waals surface area (Å²) in [5.74, 6) is 0. The summed E-state index contributed by atoms with van der Waals surface area (Å²) >= 11 is 4.83. The van der Waals surface area contributed by atoms with Crippen molar-refractivity contribution in [3.8, 4) is 0 Å². The van der Waals surface area contributed by atoms with Gasteiger partial charge < -0.3 is 16.8 Å². The minimum atomic E-state index is 0.307. The summed E-state index contributed by atoms with van der Waals surface area (Å²) in [4.78, 5) is 0. The molecular weight excluding hydrogens is 198 g/mol. The summed E-state index contributed by atoms with van der Waals surface area (Å²) in [6, 6.07) is 0. The van der Waals surface area contributed by atoms with Gasteiger partial charge in [0.25, 0.3) is 0 Å². The van der Waals surface area contributed by atoms with Gasteiger partial charge in [-0.25, -0.2) is 5.43 Å². The Labute approximate surface area is 90.5 Å². The highest BCUT2D eigenvalue weighted by molar-refractivity contribution is 7.80. The van der Waals surface area contributed by atoms with Gasteiger partial charge in [0.05, 0.1) is 0 Å². The zero-order valence-corrected chi connectivity index (χ0v) is 9.31. The van der Waals surface area contributed by atoms with Crippen LogP contribution in [0.1, 0.15) is 6.92 Å². The molecule has 0 unspecified atom stereocenters. The van der Waals surface area contributed by atoms with E-state index in [0.717, 1.165) is 19.6 Å². The average molecular weight is 217 g/mol. The summed E-state index contributed by atoms with van der Waals surface area (Å²) in [6.07, 6.45) is 3.64. The normalized spacial score (nSPS) is 10.7. The first kappa shape index (κ1) is 13.3. The Hall–Kier alpha value is -0.690. The van der Waals surface area contributed by atoms with Crippen molar-refractivity contribution in [2.75, 3.05) is 26.2 Å². The van der Waals surface area contributed by atoms with Crippen LogP contribution in [-0.2, 0) is 0 Å². The second-order valence-corrected chi connectivity index (χ2v) is 3.06. The maximum atomic E-state index is 5.47. The second-order valence-electron chi connectivity index (χ2n) is 2.64. The van der Waals surface area contributed by atoms with E-state index in [1.165, 1.54) is 0 Å². The summed E-state index contributed by atoms with van der Waals surface area (Å²) in [7, 11) is 0. The summed E-state index contributed by atoms with van der Waals surface area (Å²) in [5.41, 5.74) is 13.8. The van der Waals surface area contributed by atoms with Crippen molar-refractivity contribution in [2.24, 2.45) is 11.5 Å². The van der Waals surface area contributed by atoms with Gasteiger partial charge in [0.1, 0.15) is 0 Å². The van der Waals surface area contributed by atoms with E-state index in [9.17, 15) is 0 Å². The Morgan fingerprint density at radius 2 is 2.14 bits per heavy atom. The molecule has 0 aliphatic rings. The molecule has 14 heavy (non-hydrogen) atoms. The molecule has 0 atom stereocenters. The molecule has 6 heteroatoms. The van der Waals surface area contributed by atoms with E-state index in [1.807, 2.05) is 13.0 Å². The molecule has 0 saturated heterocycles. The lowest BCUT2D eigenvalue weighted by Gasteiger charge is -2.19. The fraction of sp³-hybridized carbons (Fsp3) is 0.625. The number of hydrazine groups is 1. The maximum absolute atomic E-state index is 5.47. The molecule has 5 nitrogen and oxygen atoms in total. The van der Waals surface area contributed by atoms with Crippen molar-refractivity contribution in [3.63, 3.8) is 0 Å². The van der Waals surface area contributed by atoms with Crippen molar-refractivity contribution >= 4 is 17.3 Å². The Kier molecular flexibility index (Phi) is 8.45. The Morgan fingerprint density at radius 3 is 2.64 bits per heavy atom. The van der Waals surface area contributed by atoms with Crippen molar-refractivity contribution < 1.29 is 0 Å². The van der Waals surface area contributed by atoms with E-state index in [2.05, 4.69) is 10.7 Å². The van der Waals surface area contributed by atoms with Crippen molar-refractivity contribution in [3.05, 3.63) is 12.3 Å². The predicted octanol–water partition coefficient (Wildman–Crippen LogP) is -0.881. The molecule has 0 aromatic rings. The quantitative estimate of drug-likeness (QED) is 0.252. The molecule has 0 saturated carbocycles. The number of allylic oxidation sites excluding steroid dienone is 1. The Bertz CT molecular complexity index is 183. The SMILES string of the molecule is CC=CN(NCCNCCN)C(N)=S.